The molecular formula is C54H52ClN3O12S. The van der Waals surface area contributed by atoms with Crippen LogP contribution in [0.1, 0.15) is 51.3 Å². The SMILES string of the molecule is COCCOCOc1cc(C(ON=C(C(=O)O)c2csc(NC(c3ccccc3)(c3ccccc3)c3ccccc3)n2)C(=O)OC(c2ccccc2)c2ccccc2)c(Cl)c(OC)c1OCOCCOC. The van der Waals surface area contributed by atoms with E-state index in [2.05, 4.69) is 10.5 Å². The molecule has 0 saturated heterocycles. The van der Waals surface area contributed by atoms with Crippen LogP contribution in [0.15, 0.2) is 168 Å². The van der Waals surface area contributed by atoms with Crippen LogP contribution in [0.5, 0.6) is 17.2 Å². The third kappa shape index (κ3) is 12.9. The van der Waals surface area contributed by atoms with E-state index in [-0.39, 0.29) is 66.9 Å². The Kier molecular flexibility index (Phi) is 18.9. The fourth-order valence-electron chi connectivity index (χ4n) is 7.51. The standard InChI is InChI=1S/C54H52ClN3O12S/c1-62-29-31-65-35-67-44-33-42(45(55)50(64-3)49(44)68-36-66-32-30-63-2)48(52(61)69-47(37-19-9-4-10-20-37)38-21-11-5-12-22-38)70-58-46(51(59)60)43-34-71-53(56-43)57-54(39-23-13-6-14-24-39,40-25-15-7-16-26-40)41-27-17-8-18-28-41/h4-28,33-34,47-48H,29-32,35-36H2,1-3H3,(H,56,57)(H,59,60). The topological polar surface area (TPSA) is 175 Å². The first kappa shape index (κ1) is 51.5. The Labute approximate surface area is 420 Å². The van der Waals surface area contributed by atoms with Crippen LogP contribution in [0.25, 0.3) is 0 Å². The van der Waals surface area contributed by atoms with Crippen molar-refractivity contribution < 1.29 is 57.4 Å². The number of thiazole rings is 1. The molecule has 0 spiro atoms. The molecule has 2 N–H and O–H groups in total. The minimum Gasteiger partial charge on any atom is -0.491 e. The average molecular weight is 1000 g/mol. The summed E-state index contributed by atoms with van der Waals surface area (Å²) in [6.45, 7) is 0.425. The molecule has 1 heterocycles. The van der Waals surface area contributed by atoms with Crippen molar-refractivity contribution in [2.24, 2.45) is 5.16 Å². The summed E-state index contributed by atoms with van der Waals surface area (Å²) in [6.07, 6.45) is -2.81. The van der Waals surface area contributed by atoms with E-state index in [1.54, 1.807) is 0 Å². The average Bonchev–Trinajstić information content (AvgIpc) is 3.87. The van der Waals surface area contributed by atoms with Crippen LogP contribution in [0.3, 0.4) is 0 Å². The number of carbonyl (C=O) groups excluding carboxylic acids is 1. The molecule has 6 aromatic carbocycles. The van der Waals surface area contributed by atoms with Gasteiger partial charge in [-0.25, -0.2) is 14.6 Å². The second-order valence-corrected chi connectivity index (χ2v) is 16.6. The van der Waals surface area contributed by atoms with Crippen molar-refractivity contribution in [2.45, 2.75) is 17.7 Å². The van der Waals surface area contributed by atoms with Crippen molar-refractivity contribution in [1.82, 2.24) is 4.98 Å². The number of hydrogen-bond donors (Lipinski definition) is 2. The Morgan fingerprint density at radius 2 is 1.18 bits per heavy atom. The molecule has 0 aliphatic rings. The van der Waals surface area contributed by atoms with E-state index >= 15 is 0 Å². The molecule has 1 aromatic heterocycles. The lowest BCUT2D eigenvalue weighted by molar-refractivity contribution is -0.162. The number of nitrogens with zero attached hydrogens (tertiary/aromatic N) is 2. The lowest BCUT2D eigenvalue weighted by Crippen LogP contribution is -2.38. The molecular weight excluding hydrogens is 950 g/mol. The predicted molar refractivity (Wildman–Crippen MR) is 268 cm³/mol. The summed E-state index contributed by atoms with van der Waals surface area (Å²) in [5.74, 6) is -2.58. The molecule has 1 atom stereocenters. The zero-order valence-electron chi connectivity index (χ0n) is 39.1. The zero-order valence-corrected chi connectivity index (χ0v) is 40.7. The van der Waals surface area contributed by atoms with Crippen molar-refractivity contribution in [2.75, 3.05) is 66.7 Å². The van der Waals surface area contributed by atoms with Gasteiger partial charge in [0.15, 0.2) is 36.3 Å². The number of aliphatic carboxylic acids is 1. The van der Waals surface area contributed by atoms with Crippen molar-refractivity contribution in [3.8, 4) is 17.2 Å². The molecule has 7 aromatic rings. The molecule has 0 fully saturated rings. The summed E-state index contributed by atoms with van der Waals surface area (Å²) in [5, 5.41) is 20.3. The number of methoxy groups -OCH3 is 3. The lowest BCUT2D eigenvalue weighted by Gasteiger charge is -2.36. The molecule has 0 aliphatic heterocycles. The van der Waals surface area contributed by atoms with E-state index in [9.17, 15) is 14.7 Å². The third-order valence-electron chi connectivity index (χ3n) is 10.9. The van der Waals surface area contributed by atoms with Gasteiger partial charge in [-0.1, -0.05) is 168 Å². The van der Waals surface area contributed by atoms with Gasteiger partial charge in [0.25, 0.3) is 6.10 Å². The van der Waals surface area contributed by atoms with Crippen molar-refractivity contribution >= 4 is 45.7 Å². The van der Waals surface area contributed by atoms with E-state index in [0.717, 1.165) is 28.0 Å². The number of aromatic nitrogens is 1. The number of oxime groups is 1. The number of rotatable bonds is 27. The number of carbonyl (C=O) groups is 2. The summed E-state index contributed by atoms with van der Waals surface area (Å²) >= 11 is 8.29. The largest absolute Gasteiger partial charge is 0.491 e. The summed E-state index contributed by atoms with van der Waals surface area (Å²) in [7, 11) is 4.41. The molecule has 0 amide bonds. The number of ether oxygens (including phenoxy) is 8. The van der Waals surface area contributed by atoms with Crippen LogP contribution in [-0.2, 0) is 43.6 Å². The van der Waals surface area contributed by atoms with E-state index in [1.165, 1.54) is 32.8 Å². The highest BCUT2D eigenvalue weighted by atomic mass is 35.5. The van der Waals surface area contributed by atoms with Crippen molar-refractivity contribution in [3.05, 3.63) is 207 Å². The zero-order chi connectivity index (χ0) is 49.8. The van der Waals surface area contributed by atoms with Gasteiger partial charge in [-0.3, -0.25) is 0 Å². The molecule has 7 rings (SSSR count). The van der Waals surface area contributed by atoms with Gasteiger partial charge in [-0.15, -0.1) is 11.3 Å². The molecule has 15 nitrogen and oxygen atoms in total. The Morgan fingerprint density at radius 1 is 0.690 bits per heavy atom. The number of anilines is 1. The molecule has 0 aliphatic carbocycles. The van der Waals surface area contributed by atoms with Gasteiger partial charge in [0.1, 0.15) is 11.2 Å². The lowest BCUT2D eigenvalue weighted by atomic mass is 9.77. The number of benzene rings is 6. The van der Waals surface area contributed by atoms with Gasteiger partial charge in [-0.05, 0) is 33.9 Å². The number of esters is 1. The highest BCUT2D eigenvalue weighted by Gasteiger charge is 2.38. The van der Waals surface area contributed by atoms with E-state index in [4.69, 9.17) is 59.3 Å². The first-order valence-corrected chi connectivity index (χ1v) is 23.5. The van der Waals surface area contributed by atoms with E-state index in [0.29, 0.717) is 22.9 Å². The number of carboxylic acid groups (broad SMARTS) is 1. The van der Waals surface area contributed by atoms with Crippen LogP contribution in [0, 0.1) is 0 Å². The predicted octanol–water partition coefficient (Wildman–Crippen LogP) is 10.1. The van der Waals surface area contributed by atoms with E-state index < -0.39 is 35.4 Å². The first-order chi connectivity index (χ1) is 34.8. The number of nitrogens with one attached hydrogen (secondary N) is 1. The molecule has 71 heavy (non-hydrogen) atoms. The normalized spacial score (nSPS) is 12.0. The molecule has 0 radical (unpaired) electrons. The first-order valence-electron chi connectivity index (χ1n) is 22.3. The maximum absolute atomic E-state index is 14.9. The molecule has 0 bridgehead atoms. The van der Waals surface area contributed by atoms with Gasteiger partial charge >= 0.3 is 11.9 Å². The highest BCUT2D eigenvalue weighted by Crippen LogP contribution is 2.48. The van der Waals surface area contributed by atoms with Crippen molar-refractivity contribution in [3.63, 3.8) is 0 Å². The molecule has 0 saturated carbocycles. The quantitative estimate of drug-likeness (QED) is 0.0124. The summed E-state index contributed by atoms with van der Waals surface area (Å²) in [6, 6.07) is 49.1. The van der Waals surface area contributed by atoms with Gasteiger partial charge in [0.2, 0.25) is 11.5 Å². The van der Waals surface area contributed by atoms with Gasteiger partial charge in [0, 0.05) is 25.2 Å². The summed E-state index contributed by atoms with van der Waals surface area (Å²) < 4.78 is 45.5. The Hall–Kier alpha value is -7.31. The number of hydrogen-bond acceptors (Lipinski definition) is 15. The third-order valence-corrected chi connectivity index (χ3v) is 12.0. The minimum absolute atomic E-state index is 0.00221. The van der Waals surface area contributed by atoms with Crippen molar-refractivity contribution in [1.29, 1.82) is 0 Å². The maximum Gasteiger partial charge on any atom is 0.360 e. The van der Waals surface area contributed by atoms with Crippen LogP contribution >= 0.6 is 22.9 Å². The number of halogens is 1. The Morgan fingerprint density at radius 3 is 1.66 bits per heavy atom. The van der Waals surface area contributed by atoms with Crippen LogP contribution in [0.4, 0.5) is 5.13 Å². The van der Waals surface area contributed by atoms with E-state index in [1.807, 2.05) is 152 Å². The smallest absolute Gasteiger partial charge is 0.360 e. The monoisotopic (exact) mass is 1000 g/mol. The Balaban J connectivity index is 1.31. The molecule has 368 valence electrons. The van der Waals surface area contributed by atoms with Crippen LogP contribution < -0.4 is 19.5 Å². The fraction of sp³-hybridized carbons (Fsp3) is 0.222. The maximum atomic E-state index is 14.9. The highest BCUT2D eigenvalue weighted by molar-refractivity contribution is 7.14. The Bertz CT molecular complexity index is 2650. The number of carboxylic acids is 1. The van der Waals surface area contributed by atoms with Gasteiger partial charge in [-0.2, -0.15) is 0 Å². The second-order valence-electron chi connectivity index (χ2n) is 15.3. The van der Waals surface area contributed by atoms with Gasteiger partial charge in [0.05, 0.1) is 38.6 Å². The van der Waals surface area contributed by atoms with Gasteiger partial charge < -0.3 is 53.2 Å². The minimum atomic E-state index is -1.86. The fourth-order valence-corrected chi connectivity index (χ4v) is 8.58. The summed E-state index contributed by atoms with van der Waals surface area (Å²) in [5.41, 5.74) is 2.24. The molecule has 17 heteroatoms. The van der Waals surface area contributed by atoms with Crippen LogP contribution in [-0.4, -0.2) is 89.1 Å². The molecule has 1 unspecified atom stereocenters. The van der Waals surface area contributed by atoms with Crippen LogP contribution in [0.2, 0.25) is 5.02 Å². The second kappa shape index (κ2) is 26.1. The summed E-state index contributed by atoms with van der Waals surface area (Å²) in [4.78, 5) is 39.0.